The molecule has 0 amide bonds. The van der Waals surface area contributed by atoms with Crippen LogP contribution in [0.25, 0.3) is 0 Å². The highest BCUT2D eigenvalue weighted by atomic mass is 16.5. The van der Waals surface area contributed by atoms with Crippen molar-refractivity contribution in [3.05, 3.63) is 12.2 Å². The van der Waals surface area contributed by atoms with E-state index in [-0.39, 0.29) is 12.5 Å². The van der Waals surface area contributed by atoms with Crippen molar-refractivity contribution in [1.82, 2.24) is 0 Å². The summed E-state index contributed by atoms with van der Waals surface area (Å²) in [4.78, 5) is 10.4. The maximum atomic E-state index is 10.4. The third-order valence-corrected chi connectivity index (χ3v) is 4.26. The largest absolute Gasteiger partial charge is 0.481 e. The molecule has 0 bridgehead atoms. The summed E-state index contributed by atoms with van der Waals surface area (Å²) in [6, 6.07) is 0. The van der Waals surface area contributed by atoms with E-state index in [1.165, 1.54) is 0 Å². The lowest BCUT2D eigenvalue weighted by Crippen LogP contribution is -2.27. The Morgan fingerprint density at radius 3 is 2.20 bits per heavy atom. The molecule has 0 radical (unpaired) electrons. The lowest BCUT2D eigenvalue weighted by atomic mass is 10.0. The first-order valence-electron chi connectivity index (χ1n) is 9.89. The number of hydrogen-bond acceptors (Lipinski definition) is 4. The fourth-order valence-electron chi connectivity index (χ4n) is 2.75. The summed E-state index contributed by atoms with van der Waals surface area (Å²) >= 11 is 0. The molecule has 5 nitrogen and oxygen atoms in total. The smallest absolute Gasteiger partial charge is 0.303 e. The first-order valence-corrected chi connectivity index (χ1v) is 9.89. The molecule has 0 aromatic rings. The number of aliphatic hydroxyl groups is 2. The third kappa shape index (κ3) is 15.1. The van der Waals surface area contributed by atoms with Crippen LogP contribution in [0, 0.1) is 0 Å². The van der Waals surface area contributed by atoms with Gasteiger partial charge in [0.1, 0.15) is 6.10 Å². The molecular formula is C20H38O5. The van der Waals surface area contributed by atoms with Crippen LogP contribution in [-0.4, -0.2) is 46.2 Å². The van der Waals surface area contributed by atoms with Crippen LogP contribution in [0.4, 0.5) is 0 Å². The Bertz CT molecular complexity index is 343. The standard InChI is InChI=1S/C20H38O5/c1-3-5-9-13-18(22)19(25-4-2)16-15-17(21)12-10-7-6-8-11-14-20(23)24/h15-19,21-22H,3-14H2,1-2H3,(H,23,24)/b16-15+. The minimum Gasteiger partial charge on any atom is -0.481 e. The lowest BCUT2D eigenvalue weighted by Gasteiger charge is -2.20. The molecule has 0 heterocycles. The molecule has 25 heavy (non-hydrogen) atoms. The normalized spacial score (nSPS) is 15.4. The van der Waals surface area contributed by atoms with Crippen LogP contribution in [0.2, 0.25) is 0 Å². The summed E-state index contributed by atoms with van der Waals surface area (Å²) in [5.74, 6) is -0.735. The van der Waals surface area contributed by atoms with Crippen molar-refractivity contribution < 1.29 is 24.9 Å². The van der Waals surface area contributed by atoms with Crippen molar-refractivity contribution >= 4 is 5.97 Å². The van der Waals surface area contributed by atoms with Crippen molar-refractivity contribution in [2.75, 3.05) is 6.61 Å². The van der Waals surface area contributed by atoms with Gasteiger partial charge in [0, 0.05) is 13.0 Å². The number of carboxylic acid groups (broad SMARTS) is 1. The number of carbonyl (C=O) groups is 1. The van der Waals surface area contributed by atoms with Gasteiger partial charge in [0.15, 0.2) is 0 Å². The van der Waals surface area contributed by atoms with Gasteiger partial charge in [-0.2, -0.15) is 0 Å². The van der Waals surface area contributed by atoms with Gasteiger partial charge in [-0.05, 0) is 26.2 Å². The van der Waals surface area contributed by atoms with Crippen molar-refractivity contribution in [2.45, 2.75) is 103 Å². The zero-order valence-electron chi connectivity index (χ0n) is 16.0. The average molecular weight is 359 g/mol. The molecule has 0 rings (SSSR count). The molecule has 0 saturated carbocycles. The van der Waals surface area contributed by atoms with E-state index in [1.54, 1.807) is 12.2 Å². The third-order valence-electron chi connectivity index (χ3n) is 4.26. The number of ether oxygens (including phenoxy) is 1. The second kappa shape index (κ2) is 16.6. The molecule has 0 aliphatic heterocycles. The van der Waals surface area contributed by atoms with Crippen LogP contribution in [-0.2, 0) is 9.53 Å². The Balaban J connectivity index is 3.96. The maximum absolute atomic E-state index is 10.4. The highest BCUT2D eigenvalue weighted by Gasteiger charge is 2.16. The number of hydrogen-bond donors (Lipinski definition) is 3. The Hall–Kier alpha value is -0.910. The Morgan fingerprint density at radius 2 is 1.56 bits per heavy atom. The van der Waals surface area contributed by atoms with E-state index in [0.29, 0.717) is 13.0 Å². The fourth-order valence-corrected chi connectivity index (χ4v) is 2.75. The molecule has 0 aliphatic rings. The molecule has 3 atom stereocenters. The molecule has 0 saturated heterocycles. The summed E-state index contributed by atoms with van der Waals surface area (Å²) in [6.45, 7) is 4.57. The van der Waals surface area contributed by atoms with Gasteiger partial charge in [-0.3, -0.25) is 4.79 Å². The number of rotatable bonds is 17. The topological polar surface area (TPSA) is 87.0 Å². The molecule has 3 N–H and O–H groups in total. The highest BCUT2D eigenvalue weighted by molar-refractivity contribution is 5.66. The van der Waals surface area contributed by atoms with Gasteiger partial charge in [-0.1, -0.05) is 64.0 Å². The van der Waals surface area contributed by atoms with Gasteiger partial charge in [0.05, 0.1) is 12.2 Å². The van der Waals surface area contributed by atoms with Crippen LogP contribution in [0.15, 0.2) is 12.2 Å². The van der Waals surface area contributed by atoms with E-state index in [2.05, 4.69) is 6.92 Å². The zero-order chi connectivity index (χ0) is 18.9. The van der Waals surface area contributed by atoms with E-state index in [0.717, 1.165) is 57.8 Å². The second-order valence-corrected chi connectivity index (χ2v) is 6.64. The summed E-state index contributed by atoms with van der Waals surface area (Å²) < 4.78 is 5.58. The quantitative estimate of drug-likeness (QED) is 0.269. The van der Waals surface area contributed by atoms with E-state index >= 15 is 0 Å². The van der Waals surface area contributed by atoms with Crippen molar-refractivity contribution in [2.24, 2.45) is 0 Å². The second-order valence-electron chi connectivity index (χ2n) is 6.64. The van der Waals surface area contributed by atoms with Crippen LogP contribution >= 0.6 is 0 Å². The van der Waals surface area contributed by atoms with Gasteiger partial charge >= 0.3 is 5.97 Å². The molecule has 0 aliphatic carbocycles. The fraction of sp³-hybridized carbons (Fsp3) is 0.850. The molecule has 0 aromatic heterocycles. The predicted molar refractivity (Wildman–Crippen MR) is 101 cm³/mol. The van der Waals surface area contributed by atoms with Gasteiger partial charge in [-0.25, -0.2) is 0 Å². The van der Waals surface area contributed by atoms with E-state index < -0.39 is 18.2 Å². The monoisotopic (exact) mass is 358 g/mol. The van der Waals surface area contributed by atoms with Crippen LogP contribution in [0.1, 0.15) is 84.5 Å². The Kier molecular flexibility index (Phi) is 16.0. The lowest BCUT2D eigenvalue weighted by molar-refractivity contribution is -0.137. The molecule has 0 spiro atoms. The van der Waals surface area contributed by atoms with E-state index in [4.69, 9.17) is 9.84 Å². The zero-order valence-corrected chi connectivity index (χ0v) is 16.0. The first kappa shape index (κ1) is 24.1. The van der Waals surface area contributed by atoms with Gasteiger partial charge < -0.3 is 20.1 Å². The van der Waals surface area contributed by atoms with Gasteiger partial charge in [0.25, 0.3) is 0 Å². The van der Waals surface area contributed by atoms with Crippen LogP contribution in [0.5, 0.6) is 0 Å². The van der Waals surface area contributed by atoms with E-state index in [9.17, 15) is 15.0 Å². The van der Waals surface area contributed by atoms with E-state index in [1.807, 2.05) is 6.92 Å². The SMILES string of the molecule is CCCCCC(O)C(/C=C/C(O)CCCCCCCC(=O)O)OCC. The predicted octanol–water partition coefficient (Wildman–Crippen LogP) is 4.07. The first-order chi connectivity index (χ1) is 12.0. The number of carboxylic acids is 1. The van der Waals surface area contributed by atoms with Crippen LogP contribution < -0.4 is 0 Å². The van der Waals surface area contributed by atoms with Gasteiger partial charge in [0.2, 0.25) is 0 Å². The number of aliphatic carboxylic acids is 1. The summed E-state index contributed by atoms with van der Waals surface area (Å²) in [5.41, 5.74) is 0. The number of aliphatic hydroxyl groups excluding tert-OH is 2. The number of unbranched alkanes of at least 4 members (excludes halogenated alkanes) is 6. The summed E-state index contributed by atoms with van der Waals surface area (Å²) in [6.07, 6.45) is 11.5. The summed E-state index contributed by atoms with van der Waals surface area (Å²) in [7, 11) is 0. The van der Waals surface area contributed by atoms with Crippen molar-refractivity contribution in [1.29, 1.82) is 0 Å². The minimum absolute atomic E-state index is 0.241. The average Bonchev–Trinajstić information content (AvgIpc) is 2.57. The van der Waals surface area contributed by atoms with Crippen molar-refractivity contribution in [3.63, 3.8) is 0 Å². The van der Waals surface area contributed by atoms with Crippen LogP contribution in [0.3, 0.4) is 0 Å². The van der Waals surface area contributed by atoms with Gasteiger partial charge in [-0.15, -0.1) is 0 Å². The minimum atomic E-state index is -0.735. The summed E-state index contributed by atoms with van der Waals surface area (Å²) in [5, 5.41) is 28.8. The highest BCUT2D eigenvalue weighted by Crippen LogP contribution is 2.13. The van der Waals surface area contributed by atoms with Crippen molar-refractivity contribution in [3.8, 4) is 0 Å². The molecule has 5 heteroatoms. The molecule has 148 valence electrons. The molecule has 0 aromatic carbocycles. The maximum Gasteiger partial charge on any atom is 0.303 e. The Labute approximate surface area is 153 Å². The molecular weight excluding hydrogens is 320 g/mol. The molecule has 3 unspecified atom stereocenters. The molecule has 0 fully saturated rings. The Morgan fingerprint density at radius 1 is 0.920 bits per heavy atom.